The summed E-state index contributed by atoms with van der Waals surface area (Å²) in [5.74, 6) is 1.57. The maximum Gasteiger partial charge on any atom is 0.0325 e. The molecule has 3 atom stereocenters. The van der Waals surface area contributed by atoms with Gasteiger partial charge in [0, 0.05) is 29.3 Å². The van der Waals surface area contributed by atoms with Gasteiger partial charge in [-0.2, -0.15) is 0 Å². The highest BCUT2D eigenvalue weighted by Gasteiger charge is 2.28. The van der Waals surface area contributed by atoms with Gasteiger partial charge in [0.1, 0.15) is 0 Å². The number of hydrogen-bond acceptors (Lipinski definition) is 2. The fourth-order valence-electron chi connectivity index (χ4n) is 2.95. The van der Waals surface area contributed by atoms with Gasteiger partial charge in [0.05, 0.1) is 0 Å². The SMILES string of the molecule is CC1CC(C)C(C)N(Cc2ccc(N)cc2Br)C1. The van der Waals surface area contributed by atoms with Crippen LogP contribution in [0.2, 0.25) is 0 Å². The van der Waals surface area contributed by atoms with Crippen LogP contribution in [0.5, 0.6) is 0 Å². The van der Waals surface area contributed by atoms with Gasteiger partial charge in [-0.3, -0.25) is 4.90 Å². The van der Waals surface area contributed by atoms with Gasteiger partial charge in [0.15, 0.2) is 0 Å². The number of nitrogen functional groups attached to an aromatic ring is 1. The summed E-state index contributed by atoms with van der Waals surface area (Å²) in [4.78, 5) is 2.59. The Morgan fingerprint density at radius 3 is 2.72 bits per heavy atom. The van der Waals surface area contributed by atoms with Gasteiger partial charge >= 0.3 is 0 Å². The largest absolute Gasteiger partial charge is 0.399 e. The molecule has 100 valence electrons. The van der Waals surface area contributed by atoms with Crippen molar-refractivity contribution < 1.29 is 0 Å². The number of hydrogen-bond donors (Lipinski definition) is 1. The molecule has 0 saturated carbocycles. The molecule has 1 heterocycles. The number of rotatable bonds is 2. The van der Waals surface area contributed by atoms with Gasteiger partial charge in [-0.1, -0.05) is 35.8 Å². The number of likely N-dealkylation sites (tertiary alicyclic amines) is 1. The average molecular weight is 311 g/mol. The summed E-state index contributed by atoms with van der Waals surface area (Å²) in [6.45, 7) is 9.28. The number of piperidine rings is 1. The van der Waals surface area contributed by atoms with Crippen molar-refractivity contribution in [3.8, 4) is 0 Å². The summed E-state index contributed by atoms with van der Waals surface area (Å²) in [7, 11) is 0. The zero-order chi connectivity index (χ0) is 13.3. The molecule has 0 aliphatic carbocycles. The van der Waals surface area contributed by atoms with Crippen molar-refractivity contribution in [1.29, 1.82) is 0 Å². The van der Waals surface area contributed by atoms with Crippen LogP contribution in [0, 0.1) is 11.8 Å². The van der Waals surface area contributed by atoms with Crippen molar-refractivity contribution in [2.45, 2.75) is 39.8 Å². The van der Waals surface area contributed by atoms with Crippen LogP contribution in [-0.4, -0.2) is 17.5 Å². The Morgan fingerprint density at radius 2 is 2.06 bits per heavy atom. The summed E-state index contributed by atoms with van der Waals surface area (Å²) in [5, 5.41) is 0. The number of benzene rings is 1. The smallest absolute Gasteiger partial charge is 0.0325 e. The second-order valence-corrected chi connectivity index (χ2v) is 6.69. The Balaban J connectivity index is 2.12. The summed E-state index contributed by atoms with van der Waals surface area (Å²) >= 11 is 3.62. The average Bonchev–Trinajstić information content (AvgIpc) is 2.29. The molecule has 1 saturated heterocycles. The van der Waals surface area contributed by atoms with Crippen LogP contribution in [0.15, 0.2) is 22.7 Å². The molecule has 3 unspecified atom stereocenters. The van der Waals surface area contributed by atoms with Crippen LogP contribution in [-0.2, 0) is 6.54 Å². The number of anilines is 1. The summed E-state index contributed by atoms with van der Waals surface area (Å²) in [6, 6.07) is 6.78. The third-order valence-electron chi connectivity index (χ3n) is 4.17. The Kier molecular flexibility index (Phi) is 4.33. The minimum absolute atomic E-state index is 0.658. The third-order valence-corrected chi connectivity index (χ3v) is 4.91. The molecule has 1 aliphatic rings. The van der Waals surface area contributed by atoms with Crippen LogP contribution >= 0.6 is 15.9 Å². The van der Waals surface area contributed by atoms with Gasteiger partial charge in [0.2, 0.25) is 0 Å². The quantitative estimate of drug-likeness (QED) is 0.839. The van der Waals surface area contributed by atoms with Crippen LogP contribution in [0.3, 0.4) is 0 Å². The molecular weight excluding hydrogens is 288 g/mol. The Labute approximate surface area is 119 Å². The summed E-state index contributed by atoms with van der Waals surface area (Å²) in [5.41, 5.74) is 7.94. The molecule has 18 heavy (non-hydrogen) atoms. The Morgan fingerprint density at radius 1 is 1.33 bits per heavy atom. The van der Waals surface area contributed by atoms with E-state index in [2.05, 4.69) is 47.7 Å². The lowest BCUT2D eigenvalue weighted by molar-refractivity contribution is 0.0728. The lowest BCUT2D eigenvalue weighted by Crippen LogP contribution is -2.45. The summed E-state index contributed by atoms with van der Waals surface area (Å²) < 4.78 is 1.13. The first-order valence-corrected chi connectivity index (χ1v) is 7.54. The highest BCUT2D eigenvalue weighted by Crippen LogP contribution is 2.30. The fourth-order valence-corrected chi connectivity index (χ4v) is 3.47. The van der Waals surface area contributed by atoms with Crippen LogP contribution in [0.25, 0.3) is 0 Å². The minimum atomic E-state index is 0.658. The molecule has 0 spiro atoms. The molecule has 3 heteroatoms. The van der Waals surface area contributed by atoms with E-state index < -0.39 is 0 Å². The maximum atomic E-state index is 5.79. The van der Waals surface area contributed by atoms with Gasteiger partial charge < -0.3 is 5.73 Å². The lowest BCUT2D eigenvalue weighted by Gasteiger charge is -2.41. The highest BCUT2D eigenvalue weighted by molar-refractivity contribution is 9.10. The van der Waals surface area contributed by atoms with Gasteiger partial charge in [-0.15, -0.1) is 0 Å². The molecular formula is C15H23BrN2. The van der Waals surface area contributed by atoms with Gasteiger partial charge in [-0.25, -0.2) is 0 Å². The third kappa shape index (κ3) is 3.07. The number of nitrogens with zero attached hydrogens (tertiary/aromatic N) is 1. The Bertz CT molecular complexity index is 419. The maximum absolute atomic E-state index is 5.79. The van der Waals surface area contributed by atoms with E-state index in [1.165, 1.54) is 18.5 Å². The van der Waals surface area contributed by atoms with E-state index in [0.29, 0.717) is 6.04 Å². The molecule has 1 aliphatic heterocycles. The normalized spacial score (nSPS) is 29.4. The molecule has 2 nitrogen and oxygen atoms in total. The van der Waals surface area contributed by atoms with E-state index in [9.17, 15) is 0 Å². The monoisotopic (exact) mass is 310 g/mol. The van der Waals surface area contributed by atoms with E-state index in [4.69, 9.17) is 5.73 Å². The molecule has 0 aromatic heterocycles. The second kappa shape index (κ2) is 5.62. The molecule has 1 aromatic carbocycles. The molecule has 1 fully saturated rings. The van der Waals surface area contributed by atoms with E-state index in [1.54, 1.807) is 0 Å². The fraction of sp³-hybridized carbons (Fsp3) is 0.600. The lowest BCUT2D eigenvalue weighted by atomic mass is 9.86. The van der Waals surface area contributed by atoms with Crippen molar-refractivity contribution >= 4 is 21.6 Å². The zero-order valence-electron chi connectivity index (χ0n) is 11.5. The van der Waals surface area contributed by atoms with E-state index in [0.717, 1.165) is 28.5 Å². The van der Waals surface area contributed by atoms with Crippen LogP contribution in [0.4, 0.5) is 5.69 Å². The topological polar surface area (TPSA) is 29.3 Å². The van der Waals surface area contributed by atoms with Crippen molar-refractivity contribution in [3.05, 3.63) is 28.2 Å². The van der Waals surface area contributed by atoms with Gasteiger partial charge in [-0.05, 0) is 42.9 Å². The first-order chi connectivity index (χ1) is 8.47. The number of nitrogens with two attached hydrogens (primary N) is 1. The molecule has 0 radical (unpaired) electrons. The van der Waals surface area contributed by atoms with Crippen LogP contribution in [0.1, 0.15) is 32.8 Å². The minimum Gasteiger partial charge on any atom is -0.399 e. The predicted molar refractivity (Wildman–Crippen MR) is 81.4 cm³/mol. The van der Waals surface area contributed by atoms with Crippen molar-refractivity contribution in [3.63, 3.8) is 0 Å². The zero-order valence-corrected chi connectivity index (χ0v) is 13.1. The first kappa shape index (κ1) is 13.9. The predicted octanol–water partition coefficient (Wildman–Crippen LogP) is 3.90. The first-order valence-electron chi connectivity index (χ1n) is 6.75. The molecule has 1 aromatic rings. The van der Waals surface area contributed by atoms with Crippen LogP contribution < -0.4 is 5.73 Å². The summed E-state index contributed by atoms with van der Waals surface area (Å²) in [6.07, 6.45) is 1.35. The second-order valence-electron chi connectivity index (χ2n) is 5.84. The van der Waals surface area contributed by atoms with E-state index in [1.807, 2.05) is 12.1 Å². The molecule has 2 rings (SSSR count). The number of halogens is 1. The van der Waals surface area contributed by atoms with Crippen molar-refractivity contribution in [2.75, 3.05) is 12.3 Å². The van der Waals surface area contributed by atoms with Gasteiger partial charge in [0.25, 0.3) is 0 Å². The van der Waals surface area contributed by atoms with Crippen molar-refractivity contribution in [1.82, 2.24) is 4.90 Å². The Hall–Kier alpha value is -0.540. The molecule has 0 amide bonds. The van der Waals surface area contributed by atoms with E-state index in [-0.39, 0.29) is 0 Å². The highest BCUT2D eigenvalue weighted by atomic mass is 79.9. The van der Waals surface area contributed by atoms with Crippen molar-refractivity contribution in [2.24, 2.45) is 11.8 Å². The molecule has 0 bridgehead atoms. The molecule has 2 N–H and O–H groups in total. The van der Waals surface area contributed by atoms with E-state index >= 15 is 0 Å². The standard InChI is InChI=1S/C15H23BrN2/c1-10-6-11(2)12(3)18(8-10)9-13-4-5-14(17)7-15(13)16/h4-5,7,10-12H,6,8-9,17H2,1-3H3.